The number of hydrogen-bond acceptors (Lipinski definition) is 27. The van der Waals surface area contributed by atoms with Crippen LogP contribution in [-0.4, -0.2) is 199 Å². The van der Waals surface area contributed by atoms with E-state index in [4.69, 9.17) is 148 Å². The molecule has 18 rings (SSSR count). The lowest BCUT2D eigenvalue weighted by Crippen LogP contribution is -2.18. The molecule has 0 spiro atoms. The van der Waals surface area contributed by atoms with Crippen LogP contribution in [0.5, 0.6) is 0 Å². The minimum Gasteiger partial charge on any atom is -0.465 e. The predicted octanol–water partition coefficient (Wildman–Crippen LogP) is 13.2. The van der Waals surface area contributed by atoms with Gasteiger partial charge in [0.2, 0.25) is 0 Å². The van der Waals surface area contributed by atoms with Crippen molar-refractivity contribution in [2.75, 3.05) is 59.0 Å². The lowest BCUT2D eigenvalue weighted by atomic mass is 9.89. The summed E-state index contributed by atoms with van der Waals surface area (Å²) < 4.78 is 893. The molecule has 0 aliphatic carbocycles. The van der Waals surface area contributed by atoms with Gasteiger partial charge in [-0.25, -0.2) is 44.9 Å². The van der Waals surface area contributed by atoms with E-state index in [1.165, 1.54) is 67.3 Å². The molecule has 9 aliphatic heterocycles. The summed E-state index contributed by atoms with van der Waals surface area (Å²) in [6.07, 6.45) is -55.5. The highest BCUT2D eigenvalue weighted by atomic mass is 16.6. The van der Waals surface area contributed by atoms with Crippen molar-refractivity contribution >= 4 is 53.7 Å². The fourth-order valence-electron chi connectivity index (χ4n) is 11.2. The predicted molar refractivity (Wildman–Crippen MR) is 539 cm³/mol. The van der Waals surface area contributed by atoms with Crippen molar-refractivity contribution in [3.63, 3.8) is 0 Å². The van der Waals surface area contributed by atoms with E-state index in [1.807, 2.05) is 0 Å². The Morgan fingerprint density at radius 2 is 0.451 bits per heavy atom. The average Bonchev–Trinajstić information content (AvgIpc) is 1.49. The van der Waals surface area contributed by atoms with Crippen LogP contribution in [0.3, 0.4) is 0 Å². The Hall–Kier alpha value is -11.9. The second-order valence-corrected chi connectivity index (χ2v) is 29.1. The molecule has 0 radical (unpaired) electrons. The number of carbonyl (C=O) groups excluding carboxylic acids is 9. The van der Waals surface area contributed by atoms with Gasteiger partial charge in [0.15, 0.2) is 0 Å². The molecule has 792 valence electrons. The third kappa shape index (κ3) is 28.5. The molecule has 0 unspecified atom stereocenters. The van der Waals surface area contributed by atoms with Crippen molar-refractivity contribution in [2.45, 2.75) is 239 Å². The molecule has 0 amide bonds. The first-order valence-electron chi connectivity index (χ1n) is 94.7. The van der Waals surface area contributed by atoms with Gasteiger partial charge in [-0.2, -0.15) is 0 Å². The summed E-state index contributed by atoms with van der Waals surface area (Å²) in [5.41, 5.74) is -7.72. The van der Waals surface area contributed by atoms with Crippen molar-refractivity contribution in [1.29, 1.82) is 0 Å². The number of aryl methyl sites for hydroxylation is 9. The molecule has 9 aromatic rings. The average molecular weight is 2110 g/mol. The number of imidazole rings is 9. The minimum absolute atomic E-state index is 0.0905. The van der Waals surface area contributed by atoms with Gasteiger partial charge in [-0.3, -0.25) is 43.2 Å². The van der Waals surface area contributed by atoms with Gasteiger partial charge >= 0.3 is 53.7 Å². The number of rotatable bonds is 27. The first kappa shape index (κ1) is 36.6. The Bertz CT molecular complexity index is 11100. The molecule has 9 aromatic heterocycles. The van der Waals surface area contributed by atoms with Gasteiger partial charge in [-0.15, -0.1) is 0 Å². The molecule has 144 heavy (non-hydrogen) atoms. The zero-order chi connectivity index (χ0) is 199. The van der Waals surface area contributed by atoms with E-state index >= 15 is 0 Å². The summed E-state index contributed by atoms with van der Waals surface area (Å²) in [7, 11) is 3.97. The maximum Gasteiger partial charge on any atom is 0.309 e. The van der Waals surface area contributed by atoms with Crippen molar-refractivity contribution in [1.82, 2.24) is 86.0 Å². The normalized spacial score (nSPS) is 47.6. The number of aromatic nitrogens is 18. The molecule has 9 aliphatic rings. The molecule has 18 heterocycles. The molecule has 18 atom stereocenters. The lowest BCUT2D eigenvalue weighted by molar-refractivity contribution is -0.142. The maximum atomic E-state index is 12.5. The highest BCUT2D eigenvalue weighted by Crippen LogP contribution is 2.37. The molecule has 0 saturated carbocycles. The Morgan fingerprint density at radius 3 is 0.757 bits per heavy atom. The first-order chi connectivity index (χ1) is 110. The largest absolute Gasteiger partial charge is 0.465 e. The Morgan fingerprint density at radius 1 is 0.250 bits per heavy atom. The van der Waals surface area contributed by atoms with Gasteiger partial charge in [-0.05, 0) is 177 Å². The molecule has 0 bridgehead atoms. The third-order valence-electron chi connectivity index (χ3n) is 20.0. The van der Waals surface area contributed by atoms with Crippen LogP contribution >= 0.6 is 0 Å². The quantitative estimate of drug-likeness (QED) is 0.0341. The summed E-state index contributed by atoms with van der Waals surface area (Å²) in [6.45, 7) is -65.4. The van der Waals surface area contributed by atoms with Gasteiger partial charge < -0.3 is 83.7 Å². The summed E-state index contributed by atoms with van der Waals surface area (Å²) in [6, 6.07) is 0. The second kappa shape index (κ2) is 53.3. The van der Waals surface area contributed by atoms with Crippen LogP contribution in [0, 0.1) is 169 Å². The van der Waals surface area contributed by atoms with Gasteiger partial charge in [-0.1, -0.05) is 61.7 Å². The van der Waals surface area contributed by atoms with E-state index in [-0.39, 0.29) is 51.2 Å². The van der Waals surface area contributed by atoms with Crippen molar-refractivity contribution in [3.8, 4) is 0 Å². The van der Waals surface area contributed by atoms with Crippen molar-refractivity contribution < 1.29 is 234 Å². The van der Waals surface area contributed by atoms with E-state index in [2.05, 4.69) is 87.5 Å². The van der Waals surface area contributed by atoms with Gasteiger partial charge in [0.25, 0.3) is 0 Å². The lowest BCUT2D eigenvalue weighted by Gasteiger charge is -2.13. The Kier molecular flexibility index (Phi) is 13.5. The maximum absolute atomic E-state index is 12.5. The van der Waals surface area contributed by atoms with E-state index in [1.54, 1.807) is 0 Å². The smallest absolute Gasteiger partial charge is 0.309 e. The van der Waals surface area contributed by atoms with Crippen molar-refractivity contribution in [2.24, 2.45) is 169 Å². The summed E-state index contributed by atoms with van der Waals surface area (Å²) in [4.78, 5) is 143. The summed E-state index contributed by atoms with van der Waals surface area (Å²) in [5, 5.41) is 0. The molecule has 0 N–H and O–H groups in total. The molecule has 36 heteroatoms. The van der Waals surface area contributed by atoms with E-state index < -0.39 is 550 Å². The Balaban J connectivity index is 0.000000277. The fourth-order valence-corrected chi connectivity index (χ4v) is 11.2. The van der Waals surface area contributed by atoms with Gasteiger partial charge in [0.05, 0.1) is 149 Å². The van der Waals surface area contributed by atoms with Crippen LogP contribution in [-0.2, 0) is 206 Å². The van der Waals surface area contributed by atoms with Gasteiger partial charge in [0, 0.05) is 334 Å². The number of nitrogens with zero attached hydrogens (tertiary/aromatic N) is 18. The second-order valence-electron chi connectivity index (χ2n) is 29.1. The van der Waals surface area contributed by atoms with Crippen LogP contribution in [0.1, 0.15) is 371 Å². The van der Waals surface area contributed by atoms with E-state index in [9.17, 15) is 43.2 Å². The summed E-state index contributed by atoms with van der Waals surface area (Å²) >= 11 is 0. The first-order valence-corrected chi connectivity index (χ1v) is 40.7. The topological polar surface area (TPSA) is 397 Å². The molecule has 0 aromatic carbocycles. The van der Waals surface area contributed by atoms with Crippen LogP contribution in [0.2, 0.25) is 0 Å². The highest BCUT2D eigenvalue weighted by Gasteiger charge is 2.44. The number of esters is 9. The number of hydrogen-bond donors (Lipinski definition) is 0. The minimum atomic E-state index is -4.05. The van der Waals surface area contributed by atoms with E-state index in [0.29, 0.717) is 22.8 Å². The SMILES string of the molecule is [2H]c1nc(C)n(C([2H])([2H])[2H])c1C([2H])([2H])[C@@H]1[C@H](CC([2H])([2H])[2H])C(=O)OC1([2H])[2H].[2H]c1nc(C)n(C([2H])([2H])[2H])c1C([2H])([2H])[C@@]1([2H])C([2H])([2H])OC(=O)[C@@]1([2H])C([2H])([2H])C([2H])([2H])[2H].[2H]c1nc(C)n(C([2H])([2H])[2H])c1C([2H])([2H])[C@@]1([2H])C([2H])([2H])OC(=O)[C@@]1([2H])CC([2H])([2H])[2H].[2H]c1nc(C)n(C([2H])([2H])[2H])c1C([2H])([2H])[C@H]1C([2H])([2H])OC(=O)[C@@]1([2H])C([2H])([2H])C([2H])([2H])[2H].[2H]c1nc(C)n(C([2H])([2H])[2H])c1C([2H])([2H])[C@H]1C([2H])([2H])OC(=O)[C@@]1([2H])CC([2H])([2H])[2H].[2H]c1nc(C)n(C([2H])([2H])[2H])c1C([2H])([2H])[C@]1([2H])[C@H](CC([2H])([2H])[2H])C(=O)OC1([2H])[2H].[2H]c1nc(C)n(C)c1C([2H])([2H])[C@@]1([2H])C([2H])([2H])OC(=O)[C@@]1([2H])C([2H])([2H])C([2H])([2H])[2H].[2H]c1nc(C)n(C)c1C([2H])([2H])[C@@]1([2H])C([2H])([2H])OC(=O)[C@@]1([2H])CC([2H])([2H])[2H].[2H]c1nc(C)n(C)c1C([2H])([2H])[C@]1([2H])[C@H](CC([2H])([2H])[2H])C(=O)OC1([2H])[2H]. The standard InChI is InChI=1S/9C12H18N2O2/c9*1-4-11-9(7-16-12(11)15)5-10-6-13-8(2)14(10)3/h9*6,9,11H,4-5,7H2,1-3H3/t9*9-,11-/m000000000/s1/i1D3,3D3,4D2,5D2,6D,7D2,9D,11D;1D3,4D2,5D2,6D,7D2,9D,11D;1D3,3D3,5D2,6D,7D2,9D,11D;1D3,3D3,4D2,5D2,6D,7D2,11D;1D3,5D2,6D,7D2,9D,11D;1D3,3D3,5D2,6D,7D2,11D;1D3,3D3,5D2,6D,7D2,9D;1D3,5D2,6D,7D2,9D;1D3,3D3,5D2,6D,7D2. The summed E-state index contributed by atoms with van der Waals surface area (Å²) in [5.74, 6) is -70.9. The van der Waals surface area contributed by atoms with E-state index in [0.717, 1.165) is 29.9 Å². The Labute approximate surface area is 1000 Å². The van der Waals surface area contributed by atoms with Crippen molar-refractivity contribution in [3.05, 3.63) is 159 Å². The number of carbonyl (C=O) groups is 9. The molecule has 9 fully saturated rings. The number of cyclic esters (lactones) is 9. The van der Waals surface area contributed by atoms with Crippen LogP contribution in [0.25, 0.3) is 0 Å². The highest BCUT2D eigenvalue weighted by molar-refractivity contribution is 5.78. The number of ether oxygens (including phenoxy) is 9. The van der Waals surface area contributed by atoms with Gasteiger partial charge in [0.1, 0.15) is 52.4 Å². The fraction of sp³-hybridized carbons (Fsp3) is 0.667. The zero-order valence-corrected chi connectivity index (χ0v) is 77.1. The van der Waals surface area contributed by atoms with Crippen LogP contribution in [0.4, 0.5) is 0 Å². The molecule has 9 saturated heterocycles. The molecular formula is C108H162N18O18. The third-order valence-corrected chi connectivity index (χ3v) is 20.0. The van der Waals surface area contributed by atoms with Crippen LogP contribution < -0.4 is 0 Å². The van der Waals surface area contributed by atoms with Crippen LogP contribution in [0.15, 0.2) is 55.6 Å². The monoisotopic (exact) mass is 2110 g/mol. The molecular weight excluding hydrogens is 1840 g/mol. The zero-order valence-electron chi connectivity index (χ0n) is 185. The molecule has 36 nitrogen and oxygen atoms in total.